The average Bonchev–Trinajstić information content (AvgIpc) is 2.42. The van der Waals surface area contributed by atoms with Crippen LogP contribution in [0.5, 0.6) is 11.6 Å². The topological polar surface area (TPSA) is 73.3 Å². The Kier molecular flexibility index (Phi) is 4.83. The van der Waals surface area contributed by atoms with Crippen LogP contribution in [0.1, 0.15) is 32.2 Å². The third-order valence-corrected chi connectivity index (χ3v) is 2.81. The quantitative estimate of drug-likeness (QED) is 0.917. The Morgan fingerprint density at radius 1 is 1.17 bits per heavy atom. The summed E-state index contributed by atoms with van der Waals surface area (Å²) in [7, 11) is 0. The summed E-state index contributed by atoms with van der Waals surface area (Å²) in [4.78, 5) is 20.3. The highest BCUT2D eigenvalue weighted by Crippen LogP contribution is 2.29. The lowest BCUT2D eigenvalue weighted by Gasteiger charge is -2.20. The van der Waals surface area contributed by atoms with Gasteiger partial charge in [-0.05, 0) is 46.2 Å². The van der Waals surface area contributed by atoms with Crippen molar-refractivity contribution in [2.75, 3.05) is 5.32 Å². The number of ether oxygens (including phenoxy) is 2. The van der Waals surface area contributed by atoms with Gasteiger partial charge in [-0.3, -0.25) is 5.32 Å². The molecule has 1 amide bonds. The number of nitrogens with zero attached hydrogens (tertiary/aromatic N) is 2. The Morgan fingerprint density at radius 2 is 1.87 bits per heavy atom. The standard InChI is InChI=1S/C17H21N3O3/c1-11-8-6-7-9-14(11)22-15-13(10-18-12(2)19-15)20-16(21)23-17(3,4)5/h6-10H,1-5H3,(H,20,21). The second-order valence-electron chi connectivity index (χ2n) is 6.13. The third kappa shape index (κ3) is 4.95. The molecule has 0 fully saturated rings. The summed E-state index contributed by atoms with van der Waals surface area (Å²) in [6.45, 7) is 9.07. The smallest absolute Gasteiger partial charge is 0.412 e. The first-order valence-corrected chi connectivity index (χ1v) is 7.32. The molecule has 1 heterocycles. The van der Waals surface area contributed by atoms with E-state index in [0.29, 0.717) is 17.3 Å². The number of rotatable bonds is 3. The number of aromatic nitrogens is 2. The zero-order chi connectivity index (χ0) is 17.0. The number of anilines is 1. The predicted octanol–water partition coefficient (Wildman–Crippen LogP) is 4.23. The second-order valence-corrected chi connectivity index (χ2v) is 6.13. The highest BCUT2D eigenvalue weighted by molar-refractivity contribution is 5.86. The van der Waals surface area contributed by atoms with Crippen molar-refractivity contribution in [3.8, 4) is 11.6 Å². The molecule has 0 unspecified atom stereocenters. The molecule has 1 aromatic carbocycles. The van der Waals surface area contributed by atoms with Gasteiger partial charge >= 0.3 is 6.09 Å². The Hall–Kier alpha value is -2.63. The number of aryl methyl sites for hydroxylation is 2. The molecule has 2 rings (SSSR count). The third-order valence-electron chi connectivity index (χ3n) is 2.81. The Bertz CT molecular complexity index is 708. The van der Waals surface area contributed by atoms with Gasteiger partial charge in [-0.15, -0.1) is 0 Å². The molecule has 0 aliphatic rings. The molecule has 1 N–H and O–H groups in total. The molecule has 0 aliphatic heterocycles. The highest BCUT2D eigenvalue weighted by Gasteiger charge is 2.19. The van der Waals surface area contributed by atoms with Crippen molar-refractivity contribution in [1.29, 1.82) is 0 Å². The van der Waals surface area contributed by atoms with Gasteiger partial charge in [-0.2, -0.15) is 4.98 Å². The summed E-state index contributed by atoms with van der Waals surface area (Å²) < 4.78 is 11.1. The first kappa shape index (κ1) is 16.7. The Morgan fingerprint density at radius 3 is 2.52 bits per heavy atom. The van der Waals surface area contributed by atoms with Crippen molar-refractivity contribution in [2.45, 2.75) is 40.2 Å². The van der Waals surface area contributed by atoms with Crippen LogP contribution in [0.4, 0.5) is 10.5 Å². The number of hydrogen-bond donors (Lipinski definition) is 1. The van der Waals surface area contributed by atoms with Crippen molar-refractivity contribution in [3.63, 3.8) is 0 Å². The summed E-state index contributed by atoms with van der Waals surface area (Å²) in [6.07, 6.45) is 0.916. The van der Waals surface area contributed by atoms with Crippen LogP contribution in [-0.2, 0) is 4.74 Å². The number of para-hydroxylation sites is 1. The van der Waals surface area contributed by atoms with Gasteiger partial charge in [-0.1, -0.05) is 18.2 Å². The van der Waals surface area contributed by atoms with Gasteiger partial charge in [-0.25, -0.2) is 9.78 Å². The minimum absolute atomic E-state index is 0.276. The first-order chi connectivity index (χ1) is 10.7. The van der Waals surface area contributed by atoms with Crippen molar-refractivity contribution < 1.29 is 14.3 Å². The van der Waals surface area contributed by atoms with Gasteiger partial charge in [0.2, 0.25) is 5.88 Å². The fourth-order valence-corrected chi connectivity index (χ4v) is 1.80. The van der Waals surface area contributed by atoms with Crippen LogP contribution in [0.3, 0.4) is 0 Å². The summed E-state index contributed by atoms with van der Waals surface area (Å²) in [5.41, 5.74) is 0.729. The lowest BCUT2D eigenvalue weighted by molar-refractivity contribution is 0.0635. The number of carbonyl (C=O) groups excluding carboxylic acids is 1. The van der Waals surface area contributed by atoms with Crippen LogP contribution in [0.2, 0.25) is 0 Å². The normalized spacial score (nSPS) is 11.0. The van der Waals surface area contributed by atoms with Crippen molar-refractivity contribution in [3.05, 3.63) is 41.9 Å². The molecule has 0 saturated heterocycles. The SMILES string of the molecule is Cc1ncc(NC(=O)OC(C)(C)C)c(Oc2ccccc2C)n1. The van der Waals surface area contributed by atoms with Gasteiger partial charge < -0.3 is 9.47 Å². The Balaban J connectivity index is 2.24. The summed E-state index contributed by atoms with van der Waals surface area (Å²) in [5, 5.41) is 2.62. The summed E-state index contributed by atoms with van der Waals surface area (Å²) in [5.74, 6) is 1.49. The molecule has 2 aromatic rings. The van der Waals surface area contributed by atoms with Crippen molar-refractivity contribution in [1.82, 2.24) is 9.97 Å². The summed E-state index contributed by atoms with van der Waals surface area (Å²) >= 11 is 0. The molecule has 1 aromatic heterocycles. The molecular weight excluding hydrogens is 294 g/mol. The maximum absolute atomic E-state index is 11.9. The van der Waals surface area contributed by atoms with Crippen LogP contribution in [0.15, 0.2) is 30.5 Å². The maximum Gasteiger partial charge on any atom is 0.412 e. The van der Waals surface area contributed by atoms with Crippen LogP contribution in [-0.4, -0.2) is 21.7 Å². The molecule has 0 spiro atoms. The largest absolute Gasteiger partial charge is 0.444 e. The molecule has 0 radical (unpaired) electrons. The van der Waals surface area contributed by atoms with Crippen LogP contribution < -0.4 is 10.1 Å². The second kappa shape index (κ2) is 6.64. The zero-order valence-electron chi connectivity index (χ0n) is 14.0. The van der Waals surface area contributed by atoms with Crippen molar-refractivity contribution >= 4 is 11.8 Å². The summed E-state index contributed by atoms with van der Waals surface area (Å²) in [6, 6.07) is 7.57. The average molecular weight is 315 g/mol. The van der Waals surface area contributed by atoms with E-state index in [-0.39, 0.29) is 5.88 Å². The van der Waals surface area contributed by atoms with E-state index in [2.05, 4.69) is 15.3 Å². The molecule has 6 heteroatoms. The molecule has 0 atom stereocenters. The molecular formula is C17H21N3O3. The van der Waals surface area contributed by atoms with Gasteiger partial charge in [0, 0.05) is 0 Å². The molecule has 0 bridgehead atoms. The number of nitrogens with one attached hydrogen (secondary N) is 1. The number of carbonyl (C=O) groups is 1. The Labute approximate surface area is 135 Å². The van der Waals surface area contributed by atoms with Gasteiger partial charge in [0.15, 0.2) is 0 Å². The van der Waals surface area contributed by atoms with E-state index in [1.807, 2.05) is 31.2 Å². The first-order valence-electron chi connectivity index (χ1n) is 7.32. The molecule has 0 saturated carbocycles. The van der Waals surface area contributed by atoms with E-state index in [1.54, 1.807) is 27.7 Å². The maximum atomic E-state index is 11.9. The molecule has 23 heavy (non-hydrogen) atoms. The van der Waals surface area contributed by atoms with Crippen LogP contribution >= 0.6 is 0 Å². The lowest BCUT2D eigenvalue weighted by atomic mass is 10.2. The van der Waals surface area contributed by atoms with E-state index < -0.39 is 11.7 Å². The minimum Gasteiger partial charge on any atom is -0.444 e. The van der Waals surface area contributed by atoms with Gasteiger partial charge in [0.05, 0.1) is 6.20 Å². The monoisotopic (exact) mass is 315 g/mol. The van der Waals surface area contributed by atoms with E-state index in [9.17, 15) is 4.79 Å². The number of benzene rings is 1. The molecule has 122 valence electrons. The van der Waals surface area contributed by atoms with Crippen LogP contribution in [0, 0.1) is 13.8 Å². The lowest BCUT2D eigenvalue weighted by Crippen LogP contribution is -2.27. The van der Waals surface area contributed by atoms with Gasteiger partial charge in [0.25, 0.3) is 0 Å². The zero-order valence-corrected chi connectivity index (χ0v) is 14.0. The fourth-order valence-electron chi connectivity index (χ4n) is 1.80. The fraction of sp³-hybridized carbons (Fsp3) is 0.353. The minimum atomic E-state index is -0.591. The van der Waals surface area contributed by atoms with E-state index in [4.69, 9.17) is 9.47 Å². The number of hydrogen-bond acceptors (Lipinski definition) is 5. The van der Waals surface area contributed by atoms with Gasteiger partial charge in [0.1, 0.15) is 22.9 Å². The van der Waals surface area contributed by atoms with E-state index in [1.165, 1.54) is 6.20 Å². The van der Waals surface area contributed by atoms with E-state index >= 15 is 0 Å². The molecule has 0 aliphatic carbocycles. The number of amides is 1. The molecule has 6 nitrogen and oxygen atoms in total. The predicted molar refractivity (Wildman–Crippen MR) is 87.9 cm³/mol. The highest BCUT2D eigenvalue weighted by atomic mass is 16.6. The van der Waals surface area contributed by atoms with Crippen LogP contribution in [0.25, 0.3) is 0 Å². The van der Waals surface area contributed by atoms with E-state index in [0.717, 1.165) is 5.56 Å². The van der Waals surface area contributed by atoms with Crippen molar-refractivity contribution in [2.24, 2.45) is 0 Å².